The zero-order chi connectivity index (χ0) is 20.7. The molecule has 1 aliphatic rings. The van der Waals surface area contributed by atoms with E-state index in [4.69, 9.17) is 0 Å². The summed E-state index contributed by atoms with van der Waals surface area (Å²) in [5, 5.41) is 2.72. The highest BCUT2D eigenvalue weighted by atomic mass is 32.2. The standard InChI is InChI=1S/C19H19F3N2O3S/c1-11-7-8-12(9-16(11)24-28(2,26)27)18(25)23-17-10-14(17)13-5-3-4-6-15(13)19(20,21)22/h3-9,14,17,24H,10H2,1-2H3,(H,23,25)/t14-,17-/m1/s1. The minimum absolute atomic E-state index is 0.170. The fourth-order valence-electron chi connectivity index (χ4n) is 3.10. The van der Waals surface area contributed by atoms with Crippen molar-refractivity contribution in [1.29, 1.82) is 0 Å². The SMILES string of the molecule is Cc1ccc(C(=O)N[C@@H]2C[C@@H]2c2ccccc2C(F)(F)F)cc1NS(C)(=O)=O. The van der Waals surface area contributed by atoms with Gasteiger partial charge >= 0.3 is 6.18 Å². The Balaban J connectivity index is 1.74. The van der Waals surface area contributed by atoms with Gasteiger partial charge in [0.2, 0.25) is 10.0 Å². The number of halogens is 3. The third-order valence-electron chi connectivity index (χ3n) is 4.57. The number of rotatable bonds is 5. The van der Waals surface area contributed by atoms with E-state index in [0.29, 0.717) is 12.0 Å². The largest absolute Gasteiger partial charge is 0.416 e. The summed E-state index contributed by atoms with van der Waals surface area (Å²) in [6.45, 7) is 1.69. The van der Waals surface area contributed by atoms with Gasteiger partial charge in [-0.1, -0.05) is 24.3 Å². The van der Waals surface area contributed by atoms with E-state index in [1.54, 1.807) is 25.1 Å². The lowest BCUT2D eigenvalue weighted by Crippen LogP contribution is -2.27. The quantitative estimate of drug-likeness (QED) is 0.787. The molecule has 1 aliphatic carbocycles. The lowest BCUT2D eigenvalue weighted by Gasteiger charge is -2.13. The molecule has 0 spiro atoms. The Kier molecular flexibility index (Phi) is 5.14. The molecule has 1 fully saturated rings. The van der Waals surface area contributed by atoms with Crippen molar-refractivity contribution in [2.24, 2.45) is 0 Å². The van der Waals surface area contributed by atoms with E-state index in [-0.39, 0.29) is 16.8 Å². The summed E-state index contributed by atoms with van der Waals surface area (Å²) in [7, 11) is -3.50. The second-order valence-electron chi connectivity index (χ2n) is 6.91. The van der Waals surface area contributed by atoms with E-state index in [1.807, 2.05) is 0 Å². The van der Waals surface area contributed by atoms with Crippen molar-refractivity contribution in [3.05, 3.63) is 64.7 Å². The molecule has 0 aromatic heterocycles. The van der Waals surface area contributed by atoms with E-state index in [0.717, 1.165) is 12.3 Å². The molecule has 2 N–H and O–H groups in total. The average molecular weight is 412 g/mol. The number of nitrogens with one attached hydrogen (secondary N) is 2. The van der Waals surface area contributed by atoms with Gasteiger partial charge in [0.1, 0.15) is 0 Å². The molecule has 3 rings (SSSR count). The van der Waals surface area contributed by atoms with Crippen LogP contribution in [-0.2, 0) is 16.2 Å². The van der Waals surface area contributed by atoms with Crippen LogP contribution in [0.15, 0.2) is 42.5 Å². The second kappa shape index (κ2) is 7.12. The second-order valence-corrected chi connectivity index (χ2v) is 8.66. The third-order valence-corrected chi connectivity index (χ3v) is 5.16. The number of alkyl halides is 3. The predicted octanol–water partition coefficient (Wildman–Crippen LogP) is 3.67. The van der Waals surface area contributed by atoms with Crippen LogP contribution in [0.1, 0.15) is 39.4 Å². The number of anilines is 1. The van der Waals surface area contributed by atoms with Gasteiger partial charge in [-0.05, 0) is 42.7 Å². The van der Waals surface area contributed by atoms with Crippen molar-refractivity contribution in [3.63, 3.8) is 0 Å². The molecule has 0 bridgehead atoms. The van der Waals surface area contributed by atoms with Crippen LogP contribution in [0, 0.1) is 6.92 Å². The minimum atomic E-state index is -4.45. The first-order chi connectivity index (χ1) is 13.0. The van der Waals surface area contributed by atoms with Gasteiger partial charge in [-0.3, -0.25) is 9.52 Å². The topological polar surface area (TPSA) is 75.3 Å². The van der Waals surface area contributed by atoms with E-state index < -0.39 is 39.6 Å². The number of hydrogen-bond donors (Lipinski definition) is 2. The van der Waals surface area contributed by atoms with Gasteiger partial charge in [-0.25, -0.2) is 8.42 Å². The van der Waals surface area contributed by atoms with Crippen LogP contribution in [0.25, 0.3) is 0 Å². The molecule has 0 heterocycles. The Hall–Kier alpha value is -2.55. The molecule has 2 aromatic rings. The monoisotopic (exact) mass is 412 g/mol. The molecule has 0 saturated heterocycles. The Labute approximate surface area is 161 Å². The fraction of sp³-hybridized carbons (Fsp3) is 0.316. The predicted molar refractivity (Wildman–Crippen MR) is 99.7 cm³/mol. The molecule has 0 unspecified atom stereocenters. The number of sulfonamides is 1. The maximum absolute atomic E-state index is 13.2. The van der Waals surface area contributed by atoms with Crippen molar-refractivity contribution in [1.82, 2.24) is 5.32 Å². The number of amides is 1. The van der Waals surface area contributed by atoms with Crippen molar-refractivity contribution in [3.8, 4) is 0 Å². The van der Waals surface area contributed by atoms with Gasteiger partial charge in [0.15, 0.2) is 0 Å². The molecule has 2 aromatic carbocycles. The summed E-state index contributed by atoms with van der Waals surface area (Å²) in [5.41, 5.74) is 0.636. The van der Waals surface area contributed by atoms with E-state index in [1.165, 1.54) is 18.2 Å². The molecule has 1 saturated carbocycles. The first kappa shape index (κ1) is 20.2. The van der Waals surface area contributed by atoms with Crippen LogP contribution >= 0.6 is 0 Å². The van der Waals surface area contributed by atoms with Crippen LogP contribution in [0.4, 0.5) is 18.9 Å². The number of carbonyl (C=O) groups excluding carboxylic acids is 1. The first-order valence-corrected chi connectivity index (χ1v) is 10.4. The van der Waals surface area contributed by atoms with Crippen molar-refractivity contribution in [2.75, 3.05) is 11.0 Å². The Morgan fingerprint density at radius 1 is 1.14 bits per heavy atom. The van der Waals surface area contributed by atoms with Crippen LogP contribution in [0.5, 0.6) is 0 Å². The van der Waals surface area contributed by atoms with Gasteiger partial charge in [-0.15, -0.1) is 0 Å². The van der Waals surface area contributed by atoms with Gasteiger partial charge in [0.25, 0.3) is 5.91 Å². The molecule has 1 amide bonds. The number of carbonyl (C=O) groups is 1. The molecule has 150 valence electrons. The lowest BCUT2D eigenvalue weighted by molar-refractivity contribution is -0.138. The highest BCUT2D eigenvalue weighted by Gasteiger charge is 2.44. The molecule has 0 aliphatic heterocycles. The van der Waals surface area contributed by atoms with Gasteiger partial charge in [0.05, 0.1) is 17.5 Å². The normalized spacial score (nSPS) is 19.2. The highest BCUT2D eigenvalue weighted by molar-refractivity contribution is 7.92. The summed E-state index contributed by atoms with van der Waals surface area (Å²) in [4.78, 5) is 12.5. The Morgan fingerprint density at radius 2 is 1.82 bits per heavy atom. The summed E-state index contributed by atoms with van der Waals surface area (Å²) >= 11 is 0. The van der Waals surface area contributed by atoms with E-state index in [9.17, 15) is 26.4 Å². The molecule has 2 atom stereocenters. The van der Waals surface area contributed by atoms with Gasteiger partial charge < -0.3 is 5.32 Å². The molecular formula is C19H19F3N2O3S. The summed E-state index contributed by atoms with van der Waals surface area (Å²) < 4.78 is 64.7. The van der Waals surface area contributed by atoms with Crippen molar-refractivity contribution < 1.29 is 26.4 Å². The molecule has 0 radical (unpaired) electrons. The van der Waals surface area contributed by atoms with E-state index in [2.05, 4.69) is 10.0 Å². The third kappa shape index (κ3) is 4.64. The van der Waals surface area contributed by atoms with Crippen molar-refractivity contribution in [2.45, 2.75) is 31.5 Å². The van der Waals surface area contributed by atoms with E-state index >= 15 is 0 Å². The molecular weight excluding hydrogens is 393 g/mol. The van der Waals surface area contributed by atoms with Crippen LogP contribution in [0.3, 0.4) is 0 Å². The van der Waals surface area contributed by atoms with Gasteiger partial charge in [-0.2, -0.15) is 13.2 Å². The average Bonchev–Trinajstić information content (AvgIpc) is 3.34. The number of benzene rings is 2. The molecule has 9 heteroatoms. The lowest BCUT2D eigenvalue weighted by atomic mass is 10.0. The maximum Gasteiger partial charge on any atom is 0.416 e. The smallest absolute Gasteiger partial charge is 0.349 e. The maximum atomic E-state index is 13.2. The number of aryl methyl sites for hydroxylation is 1. The fourth-order valence-corrected chi connectivity index (χ4v) is 3.72. The summed E-state index contributed by atoms with van der Waals surface area (Å²) in [5.74, 6) is -0.866. The van der Waals surface area contributed by atoms with Crippen LogP contribution in [0.2, 0.25) is 0 Å². The highest BCUT2D eigenvalue weighted by Crippen LogP contribution is 2.46. The first-order valence-electron chi connectivity index (χ1n) is 8.51. The van der Waals surface area contributed by atoms with Gasteiger partial charge in [0, 0.05) is 17.5 Å². The molecule has 5 nitrogen and oxygen atoms in total. The zero-order valence-electron chi connectivity index (χ0n) is 15.2. The van der Waals surface area contributed by atoms with Crippen LogP contribution < -0.4 is 10.0 Å². The van der Waals surface area contributed by atoms with Crippen LogP contribution in [-0.4, -0.2) is 26.6 Å². The summed E-state index contributed by atoms with van der Waals surface area (Å²) in [6.07, 6.45) is -3.03. The Bertz CT molecular complexity index is 1020. The summed E-state index contributed by atoms with van der Waals surface area (Å²) in [6, 6.07) is 9.51. The van der Waals surface area contributed by atoms with Crippen molar-refractivity contribution >= 4 is 21.6 Å². The zero-order valence-corrected chi connectivity index (χ0v) is 16.0. The molecule has 28 heavy (non-hydrogen) atoms. The minimum Gasteiger partial charge on any atom is -0.349 e. The number of hydrogen-bond acceptors (Lipinski definition) is 3. The Morgan fingerprint density at radius 3 is 2.46 bits per heavy atom.